The Morgan fingerprint density at radius 3 is 2.37 bits per heavy atom. The minimum absolute atomic E-state index is 0.561. The predicted molar refractivity (Wildman–Crippen MR) is 104 cm³/mol. The van der Waals surface area contributed by atoms with Crippen LogP contribution in [0.3, 0.4) is 0 Å². The number of anilines is 1. The number of rotatable bonds is 1. The van der Waals surface area contributed by atoms with Crippen LogP contribution in [0.2, 0.25) is 0 Å². The van der Waals surface area contributed by atoms with Crippen molar-refractivity contribution in [1.82, 2.24) is 4.98 Å². The summed E-state index contributed by atoms with van der Waals surface area (Å²) in [4.78, 5) is 4.72. The average Bonchev–Trinajstić information content (AvgIpc) is 2.72. The lowest BCUT2D eigenvalue weighted by Gasteiger charge is -2.18. The number of nitrogens with one attached hydrogen (secondary N) is 1. The maximum atomic E-state index is 8.49. The van der Waals surface area contributed by atoms with Crippen molar-refractivity contribution in [2.24, 2.45) is 0 Å². The van der Waals surface area contributed by atoms with E-state index in [0.29, 0.717) is 6.67 Å². The van der Waals surface area contributed by atoms with Crippen LogP contribution in [-0.4, -0.2) is 22.0 Å². The van der Waals surface area contributed by atoms with Gasteiger partial charge in [-0.25, -0.2) is 18.6 Å². The van der Waals surface area contributed by atoms with Gasteiger partial charge in [-0.1, -0.05) is 54.6 Å². The molecule has 7 nitrogen and oxygen atoms in total. The Balaban J connectivity index is 0.000000393. The number of fused-ring (bicyclic) bond motifs is 5. The molecule has 152 valence electrons. The van der Waals surface area contributed by atoms with Crippen LogP contribution in [0.15, 0.2) is 66.9 Å². The molecule has 0 radical (unpaired) electrons. The van der Waals surface area contributed by atoms with Gasteiger partial charge in [0.15, 0.2) is 6.21 Å². The molecule has 0 atom stereocenters. The predicted octanol–water partition coefficient (Wildman–Crippen LogP) is 0.267. The molecule has 0 saturated carbocycles. The van der Waals surface area contributed by atoms with Crippen LogP contribution in [0.1, 0.15) is 5.56 Å². The van der Waals surface area contributed by atoms with Crippen molar-refractivity contribution >= 4 is 45.4 Å². The molecular formula is C21H15Cl2N3O4. The van der Waals surface area contributed by atoms with Gasteiger partial charge in [-0.3, -0.25) is 4.98 Å². The summed E-state index contributed by atoms with van der Waals surface area (Å²) < 4.78 is 35.6. The molecule has 1 N–H and O–H groups in total. The van der Waals surface area contributed by atoms with E-state index in [1.54, 1.807) is 4.09 Å². The topological polar surface area (TPSA) is 120 Å². The first-order chi connectivity index (χ1) is 14.3. The van der Waals surface area contributed by atoms with Crippen LogP contribution in [0, 0.1) is 10.2 Å². The molecule has 0 bridgehead atoms. The largest absolute Gasteiger partial charge is 0.328 e. The number of hydrogen-bond donors (Lipinski definition) is 1. The second-order valence-corrected chi connectivity index (χ2v) is 7.75. The van der Waals surface area contributed by atoms with Crippen molar-refractivity contribution in [3.05, 3.63) is 72.4 Å². The van der Waals surface area contributed by atoms with Gasteiger partial charge in [0, 0.05) is 17.0 Å². The zero-order chi connectivity index (χ0) is 21.3. The summed E-state index contributed by atoms with van der Waals surface area (Å²) in [6.07, 6.45) is 3.94. The van der Waals surface area contributed by atoms with Gasteiger partial charge in [0.2, 0.25) is 6.67 Å². The van der Waals surface area contributed by atoms with Crippen LogP contribution in [-0.2, 0) is 0 Å². The third kappa shape index (κ3) is 4.36. The Hall–Kier alpha value is -2.78. The maximum absolute atomic E-state index is 8.49. The zero-order valence-electron chi connectivity index (χ0n) is 15.4. The summed E-state index contributed by atoms with van der Waals surface area (Å²) in [6.45, 7) is 0.561. The minimum Gasteiger partial charge on any atom is -0.328 e. The summed E-state index contributed by atoms with van der Waals surface area (Å²) >= 11 is 6.27. The maximum Gasteiger partial charge on any atom is 0.263 e. The highest BCUT2D eigenvalue weighted by Gasteiger charge is 2.23. The highest BCUT2D eigenvalue weighted by atomic mass is 35.7. The molecule has 0 spiro atoms. The van der Waals surface area contributed by atoms with E-state index in [0.717, 1.165) is 38.7 Å². The Morgan fingerprint density at radius 1 is 0.967 bits per heavy atom. The van der Waals surface area contributed by atoms with Crippen LogP contribution in [0.5, 0.6) is 0 Å². The summed E-state index contributed by atoms with van der Waals surface area (Å²) in [5.41, 5.74) is 5.46. The SMILES string of the molecule is Cl[N+]1=Cc2c(-c3ccccc3)cc3ncc4ccccc4c3c2NC1.[O-][Cl+3]([O-])([O-])[O-]. The van der Waals surface area contributed by atoms with Gasteiger partial charge in [-0.05, 0) is 22.6 Å². The molecule has 2 heterocycles. The fourth-order valence-electron chi connectivity index (χ4n) is 3.55. The van der Waals surface area contributed by atoms with Crippen LogP contribution < -0.4 is 24.0 Å². The van der Waals surface area contributed by atoms with Crippen LogP contribution in [0.4, 0.5) is 5.69 Å². The first kappa shape index (κ1) is 20.5. The van der Waals surface area contributed by atoms with Gasteiger partial charge in [0.25, 0.3) is 11.8 Å². The molecule has 1 aliphatic heterocycles. The van der Waals surface area contributed by atoms with E-state index in [4.69, 9.17) is 35.4 Å². The van der Waals surface area contributed by atoms with Crippen molar-refractivity contribution in [3.8, 4) is 11.1 Å². The molecule has 0 aliphatic carbocycles. The van der Waals surface area contributed by atoms with Crippen molar-refractivity contribution in [2.75, 3.05) is 12.0 Å². The molecule has 5 rings (SSSR count). The summed E-state index contributed by atoms with van der Waals surface area (Å²) in [6, 6.07) is 20.9. The fourth-order valence-corrected chi connectivity index (χ4v) is 3.71. The second kappa shape index (κ2) is 8.16. The number of pyridine rings is 1. The number of nitrogens with zero attached hydrogens (tertiary/aromatic N) is 2. The average molecular weight is 444 g/mol. The molecule has 0 fully saturated rings. The first-order valence-corrected chi connectivity index (χ1v) is 10.4. The van der Waals surface area contributed by atoms with Crippen molar-refractivity contribution in [2.45, 2.75) is 0 Å². The molecule has 0 unspecified atom stereocenters. The Morgan fingerprint density at radius 2 is 1.63 bits per heavy atom. The molecule has 0 saturated heterocycles. The zero-order valence-corrected chi connectivity index (χ0v) is 16.9. The molecule has 0 amide bonds. The third-order valence-corrected chi connectivity index (χ3v) is 4.90. The smallest absolute Gasteiger partial charge is 0.263 e. The molecule has 30 heavy (non-hydrogen) atoms. The van der Waals surface area contributed by atoms with E-state index in [-0.39, 0.29) is 0 Å². The van der Waals surface area contributed by atoms with E-state index < -0.39 is 10.2 Å². The quantitative estimate of drug-likeness (QED) is 0.332. The number of benzene rings is 3. The Bertz CT molecular complexity index is 1250. The molecule has 4 aromatic rings. The molecule has 1 aliphatic rings. The van der Waals surface area contributed by atoms with Gasteiger partial charge in [-0.2, -0.15) is 0 Å². The molecule has 9 heteroatoms. The fraction of sp³-hybridized carbons (Fsp3) is 0.0476. The summed E-state index contributed by atoms with van der Waals surface area (Å²) in [5.74, 6) is 0. The second-order valence-electron chi connectivity index (χ2n) is 6.56. The standard InChI is InChI=1S/C21H14ClN3.ClHO4/c22-25-12-18-17(14-6-2-1-3-7-14)10-19-20(21(18)24-13-25)16-9-5-4-8-15(16)11-23-19;2-1(3,4)5/h1-12H,13H2;(H,2,3,4,5). The van der Waals surface area contributed by atoms with Gasteiger partial charge < -0.3 is 5.32 Å². The third-order valence-electron chi connectivity index (χ3n) is 4.68. The van der Waals surface area contributed by atoms with Crippen molar-refractivity contribution in [1.29, 1.82) is 0 Å². The van der Waals surface area contributed by atoms with Gasteiger partial charge >= 0.3 is 0 Å². The van der Waals surface area contributed by atoms with Crippen molar-refractivity contribution < 1.29 is 33.0 Å². The van der Waals surface area contributed by atoms with E-state index in [1.165, 1.54) is 5.39 Å². The normalized spacial score (nSPS) is 13.2. The first-order valence-electron chi connectivity index (χ1n) is 8.84. The molecule has 1 aromatic heterocycles. The molecular weight excluding hydrogens is 429 g/mol. The number of aromatic nitrogens is 1. The van der Waals surface area contributed by atoms with Gasteiger partial charge in [0.1, 0.15) is 0 Å². The Labute approximate surface area is 179 Å². The van der Waals surface area contributed by atoms with E-state index >= 15 is 0 Å². The summed E-state index contributed by atoms with van der Waals surface area (Å²) in [7, 11) is -4.94. The lowest BCUT2D eigenvalue weighted by atomic mass is 9.93. The monoisotopic (exact) mass is 443 g/mol. The summed E-state index contributed by atoms with van der Waals surface area (Å²) in [5, 5.41) is 6.97. The highest BCUT2D eigenvalue weighted by molar-refractivity contribution is 6.19. The van der Waals surface area contributed by atoms with E-state index in [2.05, 4.69) is 53.8 Å². The minimum atomic E-state index is -4.94. The van der Waals surface area contributed by atoms with E-state index in [1.807, 2.05) is 24.5 Å². The lowest BCUT2D eigenvalue weighted by molar-refractivity contribution is -2.00. The van der Waals surface area contributed by atoms with Crippen LogP contribution in [0.25, 0.3) is 32.8 Å². The Kier molecular flexibility index (Phi) is 5.57. The van der Waals surface area contributed by atoms with Crippen molar-refractivity contribution in [3.63, 3.8) is 0 Å². The number of halogens is 2. The highest BCUT2D eigenvalue weighted by Crippen LogP contribution is 2.39. The van der Waals surface area contributed by atoms with Crippen LogP contribution >= 0.6 is 11.8 Å². The lowest BCUT2D eigenvalue weighted by Crippen LogP contribution is -2.68. The van der Waals surface area contributed by atoms with Gasteiger partial charge in [0.05, 0.1) is 16.8 Å². The molecule has 3 aromatic carbocycles. The number of hydrogen-bond acceptors (Lipinski definition) is 6. The van der Waals surface area contributed by atoms with Gasteiger partial charge in [-0.15, -0.1) is 14.3 Å². The van der Waals surface area contributed by atoms with E-state index in [9.17, 15) is 0 Å².